The molecule has 0 saturated heterocycles. The lowest BCUT2D eigenvalue weighted by Crippen LogP contribution is -1.87. The fourth-order valence-corrected chi connectivity index (χ4v) is 1.38. The molecule has 0 atom stereocenters. The minimum absolute atomic E-state index is 1.12. The summed E-state index contributed by atoms with van der Waals surface area (Å²) in [7, 11) is 0. The van der Waals surface area contributed by atoms with Crippen LogP contribution in [0.25, 0.3) is 0 Å². The van der Waals surface area contributed by atoms with Gasteiger partial charge in [0.2, 0.25) is 0 Å². The van der Waals surface area contributed by atoms with Crippen LogP contribution >= 0.6 is 0 Å². The number of rotatable bonds is 5. The minimum atomic E-state index is 1.12. The molecule has 0 aromatic rings. The molecule has 0 aromatic heterocycles. The smallest absolute Gasteiger partial charge is 0.0279 e. The highest BCUT2D eigenvalue weighted by Gasteiger charge is 1.98. The van der Waals surface area contributed by atoms with E-state index >= 15 is 0 Å². The Labute approximate surface area is 90.4 Å². The lowest BCUT2D eigenvalue weighted by Gasteiger charge is -2.07. The summed E-state index contributed by atoms with van der Waals surface area (Å²) in [5, 5.41) is 0. The highest BCUT2D eigenvalue weighted by Crippen LogP contribution is 2.18. The third kappa shape index (κ3) is 6.71. The first-order valence-electron chi connectivity index (χ1n) is 5.77. The largest absolute Gasteiger partial charge is 0.0991 e. The zero-order chi connectivity index (χ0) is 11.4. The van der Waals surface area contributed by atoms with E-state index in [4.69, 9.17) is 0 Å². The van der Waals surface area contributed by atoms with Crippen molar-refractivity contribution in [2.24, 2.45) is 0 Å². The first-order chi connectivity index (χ1) is 6.79. The van der Waals surface area contributed by atoms with Gasteiger partial charge in [0.1, 0.15) is 0 Å². The zero-order valence-corrected chi connectivity index (χ0v) is 10.6. The van der Waals surface area contributed by atoms with E-state index in [0.29, 0.717) is 0 Å². The molecule has 0 amide bonds. The average molecular weight is 194 g/mol. The molecule has 0 aromatic carbocycles. The molecule has 0 radical (unpaired) electrons. The van der Waals surface area contributed by atoms with Crippen molar-refractivity contribution in [3.8, 4) is 0 Å². The van der Waals surface area contributed by atoms with Crippen LogP contribution in [0.3, 0.4) is 0 Å². The van der Waals surface area contributed by atoms with Crippen LogP contribution in [-0.2, 0) is 0 Å². The molecule has 0 rings (SSSR count). The molecule has 0 heteroatoms. The van der Waals surface area contributed by atoms with Crippen LogP contribution in [0.15, 0.2) is 36.0 Å². The molecule has 0 saturated carbocycles. The average Bonchev–Trinajstić information content (AvgIpc) is 2.23. The second kappa shape index (κ2) is 12.2. The van der Waals surface area contributed by atoms with Crippen molar-refractivity contribution in [3.63, 3.8) is 0 Å². The van der Waals surface area contributed by atoms with Crippen LogP contribution in [-0.4, -0.2) is 0 Å². The van der Waals surface area contributed by atoms with Crippen LogP contribution in [0.5, 0.6) is 0 Å². The van der Waals surface area contributed by atoms with E-state index < -0.39 is 0 Å². The lowest BCUT2D eigenvalue weighted by atomic mass is 9.99. The van der Waals surface area contributed by atoms with Gasteiger partial charge in [0.25, 0.3) is 0 Å². The van der Waals surface area contributed by atoms with Crippen molar-refractivity contribution >= 4 is 0 Å². The Kier molecular flexibility index (Phi) is 13.7. The fraction of sp³-hybridized carbons (Fsp3) is 0.571. The van der Waals surface area contributed by atoms with Crippen molar-refractivity contribution in [2.75, 3.05) is 0 Å². The first kappa shape index (κ1) is 15.7. The Balaban J connectivity index is 0. The summed E-state index contributed by atoms with van der Waals surface area (Å²) >= 11 is 0. The molecule has 0 bridgehead atoms. The predicted molar refractivity (Wildman–Crippen MR) is 68.6 cm³/mol. The Hall–Kier alpha value is -0.780. The summed E-state index contributed by atoms with van der Waals surface area (Å²) < 4.78 is 0. The summed E-state index contributed by atoms with van der Waals surface area (Å²) in [5.74, 6) is 0. The third-order valence-electron chi connectivity index (χ3n) is 1.98. The maximum Gasteiger partial charge on any atom is -0.0279 e. The molecule has 0 heterocycles. The lowest BCUT2D eigenvalue weighted by molar-refractivity contribution is 0.893. The SMILES string of the molecule is C=C/C=C(CCC)\C(=C/C)CC.CC. The maximum atomic E-state index is 3.73. The van der Waals surface area contributed by atoms with Gasteiger partial charge in [-0.15, -0.1) is 0 Å². The fourth-order valence-electron chi connectivity index (χ4n) is 1.38. The van der Waals surface area contributed by atoms with Gasteiger partial charge < -0.3 is 0 Å². The van der Waals surface area contributed by atoms with Gasteiger partial charge in [-0.3, -0.25) is 0 Å². The molecule has 0 N–H and O–H groups in total. The van der Waals surface area contributed by atoms with E-state index in [2.05, 4.69) is 39.5 Å². The van der Waals surface area contributed by atoms with Crippen molar-refractivity contribution in [2.45, 2.75) is 53.9 Å². The van der Waals surface area contributed by atoms with Crippen LogP contribution < -0.4 is 0 Å². The van der Waals surface area contributed by atoms with E-state index in [9.17, 15) is 0 Å². The molecule has 0 unspecified atom stereocenters. The first-order valence-corrected chi connectivity index (χ1v) is 5.77. The highest BCUT2D eigenvalue weighted by molar-refractivity contribution is 5.32. The summed E-state index contributed by atoms with van der Waals surface area (Å²) in [6, 6.07) is 0. The molecule has 0 aliphatic heterocycles. The monoisotopic (exact) mass is 194 g/mol. The van der Waals surface area contributed by atoms with E-state index in [1.807, 2.05) is 19.9 Å². The molecule has 0 fully saturated rings. The third-order valence-corrected chi connectivity index (χ3v) is 1.98. The van der Waals surface area contributed by atoms with E-state index in [0.717, 1.165) is 6.42 Å². The summed E-state index contributed by atoms with van der Waals surface area (Å²) in [6.45, 7) is 14.2. The second-order valence-electron chi connectivity index (χ2n) is 2.85. The molecule has 0 nitrogen and oxygen atoms in total. The number of allylic oxidation sites excluding steroid dienone is 5. The number of hydrogen-bond donors (Lipinski definition) is 0. The molecule has 0 aliphatic rings. The van der Waals surface area contributed by atoms with Gasteiger partial charge in [0.05, 0.1) is 0 Å². The zero-order valence-electron chi connectivity index (χ0n) is 10.6. The van der Waals surface area contributed by atoms with Crippen LogP contribution in [0.1, 0.15) is 53.9 Å². The Bertz CT molecular complexity index is 182. The Morgan fingerprint density at radius 1 is 1.14 bits per heavy atom. The second-order valence-corrected chi connectivity index (χ2v) is 2.85. The standard InChI is InChI=1S/C12H20.C2H6/c1-5-9-12(10-6-2)11(7-3)8-4;1-2/h5,7,9H,1,6,8,10H2,2-4H3;1-2H3/b11-7-,12-9-;. The van der Waals surface area contributed by atoms with E-state index in [-0.39, 0.29) is 0 Å². The van der Waals surface area contributed by atoms with Gasteiger partial charge in [0.15, 0.2) is 0 Å². The highest BCUT2D eigenvalue weighted by atomic mass is 14.0. The topological polar surface area (TPSA) is 0 Å². The van der Waals surface area contributed by atoms with Crippen molar-refractivity contribution in [3.05, 3.63) is 36.0 Å². The van der Waals surface area contributed by atoms with E-state index in [1.165, 1.54) is 24.0 Å². The molecule has 82 valence electrons. The summed E-state index contributed by atoms with van der Waals surface area (Å²) in [4.78, 5) is 0. The summed E-state index contributed by atoms with van der Waals surface area (Å²) in [5.41, 5.74) is 2.90. The van der Waals surface area contributed by atoms with Gasteiger partial charge in [-0.25, -0.2) is 0 Å². The molecule has 0 aliphatic carbocycles. The molecular weight excluding hydrogens is 168 g/mol. The normalized spacial score (nSPS) is 11.8. The van der Waals surface area contributed by atoms with Crippen molar-refractivity contribution in [1.82, 2.24) is 0 Å². The molecule has 14 heavy (non-hydrogen) atoms. The maximum absolute atomic E-state index is 3.73. The Morgan fingerprint density at radius 2 is 1.71 bits per heavy atom. The molecular formula is C14H26. The van der Waals surface area contributed by atoms with Crippen LogP contribution in [0.2, 0.25) is 0 Å². The van der Waals surface area contributed by atoms with Gasteiger partial charge in [-0.05, 0) is 30.9 Å². The van der Waals surface area contributed by atoms with Crippen LogP contribution in [0, 0.1) is 0 Å². The minimum Gasteiger partial charge on any atom is -0.0991 e. The van der Waals surface area contributed by atoms with Gasteiger partial charge >= 0.3 is 0 Å². The van der Waals surface area contributed by atoms with Gasteiger partial charge in [-0.2, -0.15) is 0 Å². The quantitative estimate of drug-likeness (QED) is 0.522. The molecule has 0 spiro atoms. The van der Waals surface area contributed by atoms with Crippen LogP contribution in [0.4, 0.5) is 0 Å². The van der Waals surface area contributed by atoms with Gasteiger partial charge in [-0.1, -0.05) is 58.9 Å². The van der Waals surface area contributed by atoms with E-state index in [1.54, 1.807) is 0 Å². The summed E-state index contributed by atoms with van der Waals surface area (Å²) in [6.07, 6.45) is 9.70. The predicted octanol–water partition coefficient (Wildman–Crippen LogP) is 5.28. The number of hydrogen-bond acceptors (Lipinski definition) is 0. The van der Waals surface area contributed by atoms with Crippen molar-refractivity contribution in [1.29, 1.82) is 0 Å². The van der Waals surface area contributed by atoms with Gasteiger partial charge in [0, 0.05) is 0 Å². The van der Waals surface area contributed by atoms with Crippen molar-refractivity contribution < 1.29 is 0 Å². The Morgan fingerprint density at radius 3 is 2.00 bits per heavy atom.